The summed E-state index contributed by atoms with van der Waals surface area (Å²) >= 11 is 6.63. The first kappa shape index (κ1) is 17.6. The van der Waals surface area contributed by atoms with Crippen LogP contribution in [0.5, 0.6) is 0 Å². The van der Waals surface area contributed by atoms with Gasteiger partial charge >= 0.3 is 0 Å². The highest BCUT2D eigenvalue weighted by molar-refractivity contribution is 6.21. The van der Waals surface area contributed by atoms with Crippen LogP contribution in [-0.4, -0.2) is 0 Å². The second kappa shape index (κ2) is 9.45. The third kappa shape index (κ3) is 5.87. The van der Waals surface area contributed by atoms with Crippen molar-refractivity contribution in [2.24, 2.45) is 0 Å². The summed E-state index contributed by atoms with van der Waals surface area (Å²) < 4.78 is 0. The molecule has 0 nitrogen and oxygen atoms in total. The van der Waals surface area contributed by atoms with Crippen molar-refractivity contribution in [3.8, 4) is 0 Å². The summed E-state index contributed by atoms with van der Waals surface area (Å²) in [6.07, 6.45) is 10.6. The molecular formula is C19H31Cl. The van der Waals surface area contributed by atoms with Crippen molar-refractivity contribution < 1.29 is 0 Å². The standard InChI is InChI=1S/C19H31Cl/c1-5-6-7-8-9-10-11-12-18(20)19-16(3)13-15(2)14-17(19)4/h13-14,18H,5-12H2,1-4H3. The zero-order chi connectivity index (χ0) is 15.0. The Hall–Kier alpha value is -0.490. The van der Waals surface area contributed by atoms with E-state index >= 15 is 0 Å². The number of benzene rings is 1. The van der Waals surface area contributed by atoms with Crippen molar-refractivity contribution in [3.63, 3.8) is 0 Å². The first-order valence-corrected chi connectivity index (χ1v) is 8.71. The van der Waals surface area contributed by atoms with E-state index in [0.717, 1.165) is 6.42 Å². The number of rotatable bonds is 9. The van der Waals surface area contributed by atoms with E-state index < -0.39 is 0 Å². The number of unbranched alkanes of at least 4 members (excludes halogenated alkanes) is 6. The molecule has 0 radical (unpaired) electrons. The highest BCUT2D eigenvalue weighted by atomic mass is 35.5. The Bertz CT molecular complexity index is 372. The summed E-state index contributed by atoms with van der Waals surface area (Å²) in [6, 6.07) is 4.50. The molecule has 1 rings (SSSR count). The van der Waals surface area contributed by atoms with E-state index in [2.05, 4.69) is 39.8 Å². The van der Waals surface area contributed by atoms with Gasteiger partial charge in [0.05, 0.1) is 5.38 Å². The molecule has 0 saturated heterocycles. The van der Waals surface area contributed by atoms with Gasteiger partial charge in [0.15, 0.2) is 0 Å². The highest BCUT2D eigenvalue weighted by Crippen LogP contribution is 2.32. The minimum absolute atomic E-state index is 0.186. The highest BCUT2D eigenvalue weighted by Gasteiger charge is 2.13. The van der Waals surface area contributed by atoms with Gasteiger partial charge in [0.2, 0.25) is 0 Å². The van der Waals surface area contributed by atoms with Crippen LogP contribution in [-0.2, 0) is 0 Å². The van der Waals surface area contributed by atoms with Gasteiger partial charge in [0.25, 0.3) is 0 Å². The number of alkyl halides is 1. The smallest absolute Gasteiger partial charge is 0.0590 e. The fraction of sp³-hybridized carbons (Fsp3) is 0.684. The first-order chi connectivity index (χ1) is 9.56. The molecule has 0 saturated carbocycles. The van der Waals surface area contributed by atoms with E-state index in [0.29, 0.717) is 0 Å². The predicted molar refractivity (Wildman–Crippen MR) is 91.9 cm³/mol. The van der Waals surface area contributed by atoms with Gasteiger partial charge in [0.1, 0.15) is 0 Å². The first-order valence-electron chi connectivity index (χ1n) is 8.28. The molecule has 0 heterocycles. The minimum atomic E-state index is 0.186. The molecular weight excluding hydrogens is 264 g/mol. The third-order valence-corrected chi connectivity index (χ3v) is 4.55. The lowest BCUT2D eigenvalue weighted by Crippen LogP contribution is -1.99. The van der Waals surface area contributed by atoms with Crippen LogP contribution in [0.2, 0.25) is 0 Å². The normalized spacial score (nSPS) is 12.7. The topological polar surface area (TPSA) is 0 Å². The van der Waals surface area contributed by atoms with Gasteiger partial charge in [-0.2, -0.15) is 0 Å². The molecule has 0 N–H and O–H groups in total. The van der Waals surface area contributed by atoms with Gasteiger partial charge in [-0.15, -0.1) is 11.6 Å². The summed E-state index contributed by atoms with van der Waals surface area (Å²) in [5.74, 6) is 0. The maximum Gasteiger partial charge on any atom is 0.0590 e. The van der Waals surface area contributed by atoms with Crippen molar-refractivity contribution in [3.05, 3.63) is 34.4 Å². The molecule has 0 amide bonds. The lowest BCUT2D eigenvalue weighted by atomic mass is 9.94. The molecule has 0 aliphatic heterocycles. The molecule has 0 aromatic heterocycles. The molecule has 1 atom stereocenters. The van der Waals surface area contributed by atoms with Crippen molar-refractivity contribution in [2.75, 3.05) is 0 Å². The van der Waals surface area contributed by atoms with Crippen LogP contribution in [0.3, 0.4) is 0 Å². The molecule has 0 bridgehead atoms. The fourth-order valence-electron chi connectivity index (χ4n) is 3.11. The van der Waals surface area contributed by atoms with Crippen LogP contribution in [0, 0.1) is 20.8 Å². The van der Waals surface area contributed by atoms with Gasteiger partial charge < -0.3 is 0 Å². The van der Waals surface area contributed by atoms with E-state index in [1.54, 1.807) is 0 Å². The SMILES string of the molecule is CCCCCCCCCC(Cl)c1c(C)cc(C)cc1C. The van der Waals surface area contributed by atoms with Crippen LogP contribution >= 0.6 is 11.6 Å². The van der Waals surface area contributed by atoms with Gasteiger partial charge in [0, 0.05) is 0 Å². The Labute approximate surface area is 130 Å². The van der Waals surface area contributed by atoms with E-state index in [-0.39, 0.29) is 5.38 Å². The lowest BCUT2D eigenvalue weighted by Gasteiger charge is -2.16. The zero-order valence-corrected chi connectivity index (χ0v) is 14.5. The van der Waals surface area contributed by atoms with Gasteiger partial charge in [-0.3, -0.25) is 0 Å². The molecule has 1 unspecified atom stereocenters. The second-order valence-electron chi connectivity index (χ2n) is 6.19. The van der Waals surface area contributed by atoms with E-state index in [9.17, 15) is 0 Å². The average molecular weight is 295 g/mol. The Kier molecular flexibility index (Phi) is 8.30. The summed E-state index contributed by atoms with van der Waals surface area (Å²) in [4.78, 5) is 0. The summed E-state index contributed by atoms with van der Waals surface area (Å²) in [6.45, 7) is 8.80. The predicted octanol–water partition coefficient (Wildman–Crippen LogP) is 7.03. The maximum atomic E-state index is 6.63. The molecule has 20 heavy (non-hydrogen) atoms. The Morgan fingerprint density at radius 2 is 1.35 bits per heavy atom. The molecule has 0 aliphatic rings. The van der Waals surface area contributed by atoms with Crippen LogP contribution in [0.15, 0.2) is 12.1 Å². The minimum Gasteiger partial charge on any atom is -0.118 e. The van der Waals surface area contributed by atoms with Crippen molar-refractivity contribution in [2.45, 2.75) is 84.4 Å². The van der Waals surface area contributed by atoms with E-state index in [1.807, 2.05) is 0 Å². The lowest BCUT2D eigenvalue weighted by molar-refractivity contribution is 0.571. The monoisotopic (exact) mass is 294 g/mol. The van der Waals surface area contributed by atoms with Crippen LogP contribution in [0.1, 0.15) is 85.9 Å². The van der Waals surface area contributed by atoms with Crippen molar-refractivity contribution in [1.29, 1.82) is 0 Å². The number of halogens is 1. The molecule has 0 spiro atoms. The maximum absolute atomic E-state index is 6.63. The Morgan fingerprint density at radius 1 is 0.850 bits per heavy atom. The van der Waals surface area contributed by atoms with Gasteiger partial charge in [-0.1, -0.05) is 69.6 Å². The van der Waals surface area contributed by atoms with Crippen LogP contribution in [0.4, 0.5) is 0 Å². The number of hydrogen-bond donors (Lipinski definition) is 0. The van der Waals surface area contributed by atoms with Crippen molar-refractivity contribution >= 4 is 11.6 Å². The molecule has 1 aromatic rings. The van der Waals surface area contributed by atoms with Crippen LogP contribution < -0.4 is 0 Å². The van der Waals surface area contributed by atoms with Crippen LogP contribution in [0.25, 0.3) is 0 Å². The summed E-state index contributed by atoms with van der Waals surface area (Å²) in [5, 5.41) is 0.186. The molecule has 114 valence electrons. The number of hydrogen-bond acceptors (Lipinski definition) is 0. The molecule has 0 fully saturated rings. The summed E-state index contributed by atoms with van der Waals surface area (Å²) in [7, 11) is 0. The average Bonchev–Trinajstić information content (AvgIpc) is 2.36. The fourth-order valence-corrected chi connectivity index (χ4v) is 3.61. The summed E-state index contributed by atoms with van der Waals surface area (Å²) in [5.41, 5.74) is 5.41. The number of aryl methyl sites for hydroxylation is 3. The van der Waals surface area contributed by atoms with Crippen molar-refractivity contribution in [1.82, 2.24) is 0 Å². The van der Waals surface area contributed by atoms with Gasteiger partial charge in [-0.05, 0) is 43.9 Å². The third-order valence-electron chi connectivity index (χ3n) is 4.11. The molecule has 1 heteroatoms. The Balaban J connectivity index is 2.34. The largest absolute Gasteiger partial charge is 0.118 e. The van der Waals surface area contributed by atoms with E-state index in [1.165, 1.54) is 67.2 Å². The van der Waals surface area contributed by atoms with E-state index in [4.69, 9.17) is 11.6 Å². The molecule has 0 aliphatic carbocycles. The Morgan fingerprint density at radius 3 is 1.90 bits per heavy atom. The quantitative estimate of drug-likeness (QED) is 0.339. The zero-order valence-electron chi connectivity index (χ0n) is 13.8. The second-order valence-corrected chi connectivity index (χ2v) is 6.72. The molecule has 1 aromatic carbocycles. The van der Waals surface area contributed by atoms with Gasteiger partial charge in [-0.25, -0.2) is 0 Å².